The highest BCUT2D eigenvalue weighted by Crippen LogP contribution is 2.42. The molecule has 7 rings (SSSR count). The van der Waals surface area contributed by atoms with Crippen LogP contribution in [-0.4, -0.2) is 77.8 Å². The smallest absolute Gasteiger partial charge is 0.408 e. The second-order valence-electron chi connectivity index (χ2n) is 13.8. The maximum atomic E-state index is 13.2. The number of alkyl carbamates (subject to hydrolysis) is 1. The van der Waals surface area contributed by atoms with Crippen LogP contribution in [0.15, 0.2) is 103 Å². The zero-order chi connectivity index (χ0) is 36.7. The first-order valence-electron chi connectivity index (χ1n) is 18.2. The van der Waals surface area contributed by atoms with E-state index < -0.39 is 24.3 Å². The maximum absolute atomic E-state index is 13.2. The molecule has 3 saturated heterocycles. The minimum atomic E-state index is -0.971. The highest BCUT2D eigenvalue weighted by atomic mass is 16.7. The normalized spacial score (nSPS) is 23.6. The zero-order valence-electron chi connectivity index (χ0n) is 29.8. The van der Waals surface area contributed by atoms with Crippen molar-refractivity contribution in [2.45, 2.75) is 57.6 Å². The van der Waals surface area contributed by atoms with E-state index in [1.807, 2.05) is 103 Å². The van der Waals surface area contributed by atoms with Gasteiger partial charge < -0.3 is 29.4 Å². The van der Waals surface area contributed by atoms with Gasteiger partial charge in [-0.05, 0) is 39.4 Å². The van der Waals surface area contributed by atoms with Crippen molar-refractivity contribution in [1.29, 1.82) is 0 Å². The third kappa shape index (κ3) is 8.84. The van der Waals surface area contributed by atoms with Gasteiger partial charge in [0.25, 0.3) is 5.91 Å². The Morgan fingerprint density at radius 2 is 1.55 bits per heavy atom. The monoisotopic (exact) mass is 719 g/mol. The molecule has 53 heavy (non-hydrogen) atoms. The molecule has 276 valence electrons. The topological polar surface area (TPSA) is 127 Å². The van der Waals surface area contributed by atoms with Crippen molar-refractivity contribution in [1.82, 2.24) is 15.1 Å². The predicted molar refractivity (Wildman–Crippen MR) is 196 cm³/mol. The molecular weight excluding hydrogens is 674 g/mol. The highest BCUT2D eigenvalue weighted by molar-refractivity contribution is 6.06. The van der Waals surface area contributed by atoms with Crippen molar-refractivity contribution in [3.05, 3.63) is 131 Å². The Balaban J connectivity index is 1.01. The van der Waals surface area contributed by atoms with E-state index in [2.05, 4.69) is 17.1 Å². The number of amides is 3. The first-order valence-corrected chi connectivity index (χ1v) is 18.2. The Morgan fingerprint density at radius 3 is 2.28 bits per heavy atom. The number of morpholine rings is 1. The van der Waals surface area contributed by atoms with Gasteiger partial charge in [0.1, 0.15) is 12.6 Å². The second kappa shape index (κ2) is 16.8. The molecule has 0 aliphatic carbocycles. The summed E-state index contributed by atoms with van der Waals surface area (Å²) in [5.41, 5.74) is 6.29. The second-order valence-corrected chi connectivity index (χ2v) is 13.8. The summed E-state index contributed by atoms with van der Waals surface area (Å²) in [6.07, 6.45) is -1.71. The van der Waals surface area contributed by atoms with Crippen LogP contribution in [0.1, 0.15) is 53.6 Å². The van der Waals surface area contributed by atoms with Crippen molar-refractivity contribution in [2.24, 2.45) is 5.92 Å². The average Bonchev–Trinajstić information content (AvgIpc) is 3.45. The molecule has 3 amide bonds. The molecule has 2 N–H and O–H groups in total. The van der Waals surface area contributed by atoms with Crippen LogP contribution < -0.4 is 5.32 Å². The molecule has 5 atom stereocenters. The van der Waals surface area contributed by atoms with Gasteiger partial charge in [-0.15, -0.1) is 0 Å². The van der Waals surface area contributed by atoms with Crippen LogP contribution in [0, 0.1) is 5.92 Å². The number of aliphatic hydroxyl groups is 1. The number of aliphatic hydroxyl groups excluding tert-OH is 1. The lowest BCUT2D eigenvalue weighted by Gasteiger charge is -2.43. The molecule has 11 nitrogen and oxygen atoms in total. The van der Waals surface area contributed by atoms with Gasteiger partial charge in [-0.2, -0.15) is 0 Å². The summed E-state index contributed by atoms with van der Waals surface area (Å²) >= 11 is 0. The number of carbonyl (C=O) groups excluding carboxylic acids is 3. The van der Waals surface area contributed by atoms with Gasteiger partial charge in [-0.3, -0.25) is 19.4 Å². The van der Waals surface area contributed by atoms with Crippen molar-refractivity contribution in [2.75, 3.05) is 32.8 Å². The van der Waals surface area contributed by atoms with E-state index in [9.17, 15) is 19.5 Å². The Hall–Kier alpha value is -4.91. The number of benzene rings is 4. The Morgan fingerprint density at radius 1 is 0.830 bits per heavy atom. The van der Waals surface area contributed by atoms with Gasteiger partial charge >= 0.3 is 6.09 Å². The van der Waals surface area contributed by atoms with Gasteiger partial charge in [0.05, 0.1) is 45.0 Å². The van der Waals surface area contributed by atoms with Crippen molar-refractivity contribution in [3.8, 4) is 11.1 Å². The van der Waals surface area contributed by atoms with Crippen LogP contribution >= 0.6 is 0 Å². The molecule has 11 heteroatoms. The Kier molecular flexibility index (Phi) is 11.6. The molecule has 1 unspecified atom stereocenters. The third-order valence-electron chi connectivity index (χ3n) is 10.2. The minimum Gasteiger partial charge on any atom is -0.445 e. The molecule has 0 bridgehead atoms. The molecule has 4 aromatic rings. The van der Waals surface area contributed by atoms with Crippen LogP contribution in [0.2, 0.25) is 0 Å². The fraction of sp³-hybridized carbons (Fsp3) is 0.357. The van der Waals surface area contributed by atoms with E-state index in [0.29, 0.717) is 13.2 Å². The Labute approximate surface area is 309 Å². The summed E-state index contributed by atoms with van der Waals surface area (Å²) in [7, 11) is 0. The number of carbonyl (C=O) groups is 3. The SMILES string of the molecule is C[C@@H]1[C@H](CN2CCOCC2)O[C@H](c2ccc(-c3cccc(CN4C(=O)CC(NC(=O)OCc5ccccc5)C4=O)c3)cc2)O[C@@H]1c1ccc(CO)cc1. The molecule has 3 aliphatic heterocycles. The number of rotatable bonds is 11. The Bertz CT molecular complexity index is 1860. The molecular formula is C42H45N3O8. The number of nitrogens with one attached hydrogen (secondary N) is 1. The van der Waals surface area contributed by atoms with Crippen molar-refractivity contribution >= 4 is 17.9 Å². The largest absolute Gasteiger partial charge is 0.445 e. The number of hydrogen-bond acceptors (Lipinski definition) is 9. The van der Waals surface area contributed by atoms with Gasteiger partial charge in [0, 0.05) is 31.1 Å². The van der Waals surface area contributed by atoms with E-state index >= 15 is 0 Å². The fourth-order valence-corrected chi connectivity index (χ4v) is 7.10. The summed E-state index contributed by atoms with van der Waals surface area (Å²) in [6, 6.07) is 32.0. The molecule has 4 aromatic carbocycles. The number of hydrogen-bond donors (Lipinski definition) is 2. The lowest BCUT2D eigenvalue weighted by atomic mass is 9.90. The lowest BCUT2D eigenvalue weighted by Crippen LogP contribution is -2.47. The first kappa shape index (κ1) is 36.4. The van der Waals surface area contributed by atoms with Gasteiger partial charge in [0.15, 0.2) is 6.29 Å². The summed E-state index contributed by atoms with van der Waals surface area (Å²) < 4.78 is 24.1. The average molecular weight is 720 g/mol. The minimum absolute atomic E-state index is 0.0115. The van der Waals surface area contributed by atoms with E-state index in [4.69, 9.17) is 18.9 Å². The first-order chi connectivity index (χ1) is 25.8. The van der Waals surface area contributed by atoms with Gasteiger partial charge in [-0.1, -0.05) is 104 Å². The van der Waals surface area contributed by atoms with E-state index in [-0.39, 0.29) is 50.2 Å². The number of imide groups is 1. The number of likely N-dealkylation sites (tertiary alicyclic amines) is 1. The molecule has 3 fully saturated rings. The maximum Gasteiger partial charge on any atom is 0.408 e. The van der Waals surface area contributed by atoms with Crippen LogP contribution in [0.4, 0.5) is 4.79 Å². The zero-order valence-corrected chi connectivity index (χ0v) is 29.8. The van der Waals surface area contributed by atoms with Crippen LogP contribution in [0.25, 0.3) is 11.1 Å². The number of nitrogens with zero attached hydrogens (tertiary/aromatic N) is 2. The molecule has 0 radical (unpaired) electrons. The van der Waals surface area contributed by atoms with Crippen molar-refractivity contribution < 1.29 is 38.4 Å². The summed E-state index contributed by atoms with van der Waals surface area (Å²) in [6.45, 7) is 6.24. The van der Waals surface area contributed by atoms with Gasteiger partial charge in [0.2, 0.25) is 5.91 Å². The third-order valence-corrected chi connectivity index (χ3v) is 10.2. The summed E-state index contributed by atoms with van der Waals surface area (Å²) in [4.78, 5) is 42.0. The quantitative estimate of drug-likeness (QED) is 0.193. The van der Waals surface area contributed by atoms with Gasteiger partial charge in [-0.25, -0.2) is 4.79 Å². The molecule has 0 spiro atoms. The summed E-state index contributed by atoms with van der Waals surface area (Å²) in [5.74, 6) is -0.725. The fourth-order valence-electron chi connectivity index (χ4n) is 7.10. The standard InChI is InChI=1S/C42H45N3O8/c1-28-37(25-44-18-20-50-21-19-44)52-41(53-39(28)33-12-10-29(26-46)11-13-33)34-16-14-32(15-17-34)35-9-5-8-31(22-35)24-45-38(47)23-36(40(45)48)43-42(49)51-27-30-6-3-2-4-7-30/h2-17,22,28,36-37,39,41,46H,18-21,23-27H2,1H3,(H,43,49)/t28-,36?,37+,39+,41+/m1/s1. The molecule has 3 aliphatic rings. The molecule has 3 heterocycles. The van der Waals surface area contributed by atoms with Crippen LogP contribution in [-0.2, 0) is 48.3 Å². The molecule has 0 saturated carbocycles. The lowest BCUT2D eigenvalue weighted by molar-refractivity contribution is -0.277. The van der Waals surface area contributed by atoms with Crippen molar-refractivity contribution in [3.63, 3.8) is 0 Å². The predicted octanol–water partition coefficient (Wildman–Crippen LogP) is 5.52. The summed E-state index contributed by atoms with van der Waals surface area (Å²) in [5, 5.41) is 12.1. The highest BCUT2D eigenvalue weighted by Gasteiger charge is 2.41. The van der Waals surface area contributed by atoms with E-state index in [1.54, 1.807) is 0 Å². The molecule has 0 aromatic heterocycles. The van der Waals surface area contributed by atoms with Crippen LogP contribution in [0.3, 0.4) is 0 Å². The van der Waals surface area contributed by atoms with Crippen LogP contribution in [0.5, 0.6) is 0 Å². The number of ether oxygens (including phenoxy) is 4. The van der Waals surface area contributed by atoms with E-state index in [0.717, 1.165) is 58.6 Å². The van der Waals surface area contributed by atoms with E-state index in [1.165, 1.54) is 4.90 Å².